The van der Waals surface area contributed by atoms with E-state index in [0.29, 0.717) is 5.95 Å². The minimum absolute atomic E-state index is 0.163. The number of pyridine rings is 1. The van der Waals surface area contributed by atoms with Crippen LogP contribution in [0.5, 0.6) is 0 Å². The summed E-state index contributed by atoms with van der Waals surface area (Å²) >= 11 is 0. The molecule has 0 aliphatic rings. The van der Waals surface area contributed by atoms with Gasteiger partial charge in [0, 0.05) is 6.20 Å². The number of aromatic nitrogens is 3. The molecule has 0 fully saturated rings. The molecular weight excluding hydrogens is 248 g/mol. The molecule has 0 amide bonds. The van der Waals surface area contributed by atoms with Gasteiger partial charge in [-0.3, -0.25) is 4.57 Å². The Morgan fingerprint density at radius 2 is 2.00 bits per heavy atom. The average Bonchev–Trinajstić information content (AvgIpc) is 2.77. The Hall–Kier alpha value is -2.36. The van der Waals surface area contributed by atoms with Gasteiger partial charge in [-0.2, -0.15) is 0 Å². The van der Waals surface area contributed by atoms with Gasteiger partial charge in [0.05, 0.1) is 6.04 Å². The van der Waals surface area contributed by atoms with Gasteiger partial charge in [-0.15, -0.1) is 0 Å². The van der Waals surface area contributed by atoms with Crippen LogP contribution < -0.4 is 5.73 Å². The zero-order chi connectivity index (χ0) is 14.1. The maximum Gasteiger partial charge on any atom is 0.203 e. The molecule has 1 atom stereocenters. The Morgan fingerprint density at radius 1 is 1.25 bits per heavy atom. The van der Waals surface area contributed by atoms with Crippen molar-refractivity contribution >= 4 is 17.1 Å². The number of nitrogens with zero attached hydrogens (tertiary/aromatic N) is 3. The number of aryl methyl sites for hydroxylation is 1. The van der Waals surface area contributed by atoms with E-state index in [-0.39, 0.29) is 6.04 Å². The van der Waals surface area contributed by atoms with Gasteiger partial charge in [0.2, 0.25) is 5.95 Å². The molecule has 3 aromatic rings. The predicted octanol–water partition coefficient (Wildman–Crippen LogP) is 3.32. The van der Waals surface area contributed by atoms with Crippen LogP contribution in [-0.2, 0) is 0 Å². The van der Waals surface area contributed by atoms with Crippen LogP contribution in [0.3, 0.4) is 0 Å². The third kappa shape index (κ3) is 2.03. The molecule has 0 aliphatic carbocycles. The van der Waals surface area contributed by atoms with Crippen LogP contribution in [0.1, 0.15) is 30.5 Å². The van der Waals surface area contributed by atoms with Crippen molar-refractivity contribution in [2.45, 2.75) is 26.3 Å². The number of benzene rings is 1. The summed E-state index contributed by atoms with van der Waals surface area (Å²) in [6.45, 7) is 4.16. The molecule has 0 aliphatic heterocycles. The lowest BCUT2D eigenvalue weighted by molar-refractivity contribution is 0.585. The highest BCUT2D eigenvalue weighted by atomic mass is 15.2. The van der Waals surface area contributed by atoms with E-state index in [2.05, 4.69) is 29.0 Å². The molecule has 1 aromatic carbocycles. The maximum atomic E-state index is 6.13. The third-order valence-corrected chi connectivity index (χ3v) is 3.58. The standard InChI is InChI=1S/C16H18N4/c1-3-14(12-7-5-4-6-8-12)20-15-13(19-16(20)17)9-11(2)10-18-15/h4-10,14H,3H2,1-2H3,(H2,17,19). The van der Waals surface area contributed by atoms with E-state index in [0.717, 1.165) is 23.1 Å². The van der Waals surface area contributed by atoms with Crippen molar-refractivity contribution < 1.29 is 0 Å². The first-order valence-corrected chi connectivity index (χ1v) is 6.85. The van der Waals surface area contributed by atoms with E-state index in [9.17, 15) is 0 Å². The summed E-state index contributed by atoms with van der Waals surface area (Å²) in [5, 5.41) is 0. The van der Waals surface area contributed by atoms with E-state index in [4.69, 9.17) is 5.73 Å². The molecule has 2 aromatic heterocycles. The van der Waals surface area contributed by atoms with Gasteiger partial charge in [0.1, 0.15) is 5.52 Å². The quantitative estimate of drug-likeness (QED) is 0.791. The Morgan fingerprint density at radius 3 is 2.70 bits per heavy atom. The summed E-state index contributed by atoms with van der Waals surface area (Å²) in [4.78, 5) is 8.96. The molecule has 4 nitrogen and oxygen atoms in total. The van der Waals surface area contributed by atoms with Crippen molar-refractivity contribution in [1.29, 1.82) is 0 Å². The van der Waals surface area contributed by atoms with Gasteiger partial charge < -0.3 is 5.73 Å². The smallest absolute Gasteiger partial charge is 0.203 e. The SMILES string of the molecule is CCC(c1ccccc1)n1c(N)nc2cc(C)cnc21. The fourth-order valence-electron chi connectivity index (χ4n) is 2.65. The van der Waals surface area contributed by atoms with E-state index in [1.807, 2.05) is 42.0 Å². The van der Waals surface area contributed by atoms with Gasteiger partial charge in [-0.25, -0.2) is 9.97 Å². The van der Waals surface area contributed by atoms with Gasteiger partial charge in [-0.05, 0) is 30.5 Å². The van der Waals surface area contributed by atoms with Crippen LogP contribution in [-0.4, -0.2) is 14.5 Å². The zero-order valence-corrected chi connectivity index (χ0v) is 11.7. The molecule has 102 valence electrons. The summed E-state index contributed by atoms with van der Waals surface area (Å²) < 4.78 is 2.03. The molecule has 0 bridgehead atoms. The molecule has 4 heteroatoms. The molecule has 0 saturated heterocycles. The highest BCUT2D eigenvalue weighted by Gasteiger charge is 2.18. The largest absolute Gasteiger partial charge is 0.369 e. The fraction of sp³-hybridized carbons (Fsp3) is 0.250. The van der Waals surface area contributed by atoms with Crippen LogP contribution in [0, 0.1) is 6.92 Å². The van der Waals surface area contributed by atoms with Crippen molar-refractivity contribution in [2.24, 2.45) is 0 Å². The molecule has 20 heavy (non-hydrogen) atoms. The highest BCUT2D eigenvalue weighted by molar-refractivity contribution is 5.75. The average molecular weight is 266 g/mol. The minimum atomic E-state index is 0.163. The summed E-state index contributed by atoms with van der Waals surface area (Å²) in [5.74, 6) is 0.522. The summed E-state index contributed by atoms with van der Waals surface area (Å²) in [5.41, 5.74) is 10.2. The normalized spacial score (nSPS) is 12.7. The minimum Gasteiger partial charge on any atom is -0.369 e. The lowest BCUT2D eigenvalue weighted by Crippen LogP contribution is -2.13. The second-order valence-electron chi connectivity index (χ2n) is 5.03. The van der Waals surface area contributed by atoms with E-state index in [1.54, 1.807) is 0 Å². The Bertz CT molecular complexity index is 731. The number of hydrogen-bond donors (Lipinski definition) is 1. The summed E-state index contributed by atoms with van der Waals surface area (Å²) in [6.07, 6.45) is 2.80. The topological polar surface area (TPSA) is 56.7 Å². The molecule has 1 unspecified atom stereocenters. The van der Waals surface area contributed by atoms with Gasteiger partial charge in [-0.1, -0.05) is 37.3 Å². The van der Waals surface area contributed by atoms with Crippen molar-refractivity contribution in [3.05, 3.63) is 53.7 Å². The van der Waals surface area contributed by atoms with Crippen LogP contribution in [0.4, 0.5) is 5.95 Å². The van der Waals surface area contributed by atoms with E-state index in [1.165, 1.54) is 5.56 Å². The first-order valence-electron chi connectivity index (χ1n) is 6.85. The van der Waals surface area contributed by atoms with Crippen molar-refractivity contribution in [1.82, 2.24) is 14.5 Å². The van der Waals surface area contributed by atoms with Crippen molar-refractivity contribution in [2.75, 3.05) is 5.73 Å². The molecule has 2 N–H and O–H groups in total. The monoisotopic (exact) mass is 266 g/mol. The second-order valence-corrected chi connectivity index (χ2v) is 5.03. The van der Waals surface area contributed by atoms with Crippen molar-refractivity contribution in [3.8, 4) is 0 Å². The molecule has 3 rings (SSSR count). The number of rotatable bonds is 3. The predicted molar refractivity (Wildman–Crippen MR) is 81.5 cm³/mol. The van der Waals surface area contributed by atoms with Gasteiger partial charge >= 0.3 is 0 Å². The van der Waals surface area contributed by atoms with Crippen LogP contribution in [0.25, 0.3) is 11.2 Å². The van der Waals surface area contributed by atoms with E-state index < -0.39 is 0 Å². The Kier molecular flexibility index (Phi) is 3.14. The number of anilines is 1. The Labute approximate surface area is 118 Å². The number of hydrogen-bond acceptors (Lipinski definition) is 3. The van der Waals surface area contributed by atoms with Crippen LogP contribution >= 0.6 is 0 Å². The fourth-order valence-corrected chi connectivity index (χ4v) is 2.65. The number of nitrogens with two attached hydrogens (primary N) is 1. The highest BCUT2D eigenvalue weighted by Crippen LogP contribution is 2.28. The van der Waals surface area contributed by atoms with Crippen LogP contribution in [0.15, 0.2) is 42.6 Å². The summed E-state index contributed by atoms with van der Waals surface area (Å²) in [6, 6.07) is 12.5. The maximum absolute atomic E-state index is 6.13. The van der Waals surface area contributed by atoms with Crippen molar-refractivity contribution in [3.63, 3.8) is 0 Å². The number of fused-ring (bicyclic) bond motifs is 1. The number of imidazole rings is 1. The first-order chi connectivity index (χ1) is 9.70. The molecule has 0 radical (unpaired) electrons. The zero-order valence-electron chi connectivity index (χ0n) is 11.7. The molecular formula is C16H18N4. The second kappa shape index (κ2) is 4.96. The van der Waals surface area contributed by atoms with Gasteiger partial charge in [0.15, 0.2) is 5.65 Å². The number of nitrogen functional groups attached to an aromatic ring is 1. The molecule has 0 spiro atoms. The molecule has 0 saturated carbocycles. The first kappa shape index (κ1) is 12.7. The summed E-state index contributed by atoms with van der Waals surface area (Å²) in [7, 11) is 0. The van der Waals surface area contributed by atoms with E-state index >= 15 is 0 Å². The third-order valence-electron chi connectivity index (χ3n) is 3.58. The Balaban J connectivity index is 2.19. The van der Waals surface area contributed by atoms with Crippen LogP contribution in [0.2, 0.25) is 0 Å². The van der Waals surface area contributed by atoms with Gasteiger partial charge in [0.25, 0.3) is 0 Å². The lowest BCUT2D eigenvalue weighted by Gasteiger charge is -2.19. The molecule has 2 heterocycles. The lowest BCUT2D eigenvalue weighted by atomic mass is 10.0.